The van der Waals surface area contributed by atoms with Crippen molar-refractivity contribution in [1.82, 2.24) is 14.5 Å². The molecule has 4 nitrogen and oxygen atoms in total. The fraction of sp³-hybridized carbons (Fsp3) is 0.381. The maximum atomic E-state index is 6.06. The fourth-order valence-corrected chi connectivity index (χ4v) is 3.13. The molecule has 0 saturated heterocycles. The third kappa shape index (κ3) is 4.02. The van der Waals surface area contributed by atoms with E-state index in [2.05, 4.69) is 54.5 Å². The van der Waals surface area contributed by atoms with Gasteiger partial charge < -0.3 is 14.2 Å². The molecule has 4 heteroatoms. The van der Waals surface area contributed by atoms with Gasteiger partial charge in [0.1, 0.15) is 18.2 Å². The van der Waals surface area contributed by atoms with Crippen molar-refractivity contribution in [2.75, 3.05) is 19.6 Å². The van der Waals surface area contributed by atoms with E-state index in [1.165, 1.54) is 5.52 Å². The van der Waals surface area contributed by atoms with Gasteiger partial charge in [0.2, 0.25) is 0 Å². The van der Waals surface area contributed by atoms with Gasteiger partial charge in [0.05, 0.1) is 11.0 Å². The molecule has 3 rings (SSSR count). The van der Waals surface area contributed by atoms with Gasteiger partial charge in [-0.3, -0.25) is 0 Å². The average Bonchev–Trinajstić information content (AvgIpc) is 2.99. The number of aryl methyl sites for hydroxylation is 1. The summed E-state index contributed by atoms with van der Waals surface area (Å²) in [6.45, 7) is 11.0. The van der Waals surface area contributed by atoms with Gasteiger partial charge in [-0.2, -0.15) is 0 Å². The van der Waals surface area contributed by atoms with Gasteiger partial charge in [-0.25, -0.2) is 4.98 Å². The number of imidazole rings is 1. The van der Waals surface area contributed by atoms with Crippen LogP contribution in [0.25, 0.3) is 11.0 Å². The summed E-state index contributed by atoms with van der Waals surface area (Å²) in [5.41, 5.74) is 3.36. The van der Waals surface area contributed by atoms with E-state index in [9.17, 15) is 0 Å². The summed E-state index contributed by atoms with van der Waals surface area (Å²) in [5, 5.41) is 0. The summed E-state index contributed by atoms with van der Waals surface area (Å²) in [6.07, 6.45) is 0. The average molecular weight is 337 g/mol. The van der Waals surface area contributed by atoms with Crippen LogP contribution in [0.5, 0.6) is 5.75 Å². The minimum Gasteiger partial charge on any atom is -0.485 e. The molecule has 1 heterocycles. The van der Waals surface area contributed by atoms with E-state index in [0.29, 0.717) is 6.61 Å². The van der Waals surface area contributed by atoms with Crippen molar-refractivity contribution in [3.05, 3.63) is 59.9 Å². The molecular formula is C21H27N3O. The summed E-state index contributed by atoms with van der Waals surface area (Å²) < 4.78 is 8.35. The minimum atomic E-state index is 0.484. The third-order valence-corrected chi connectivity index (χ3v) is 4.72. The van der Waals surface area contributed by atoms with Gasteiger partial charge in [0, 0.05) is 13.1 Å². The van der Waals surface area contributed by atoms with Crippen LogP contribution in [0, 0.1) is 6.92 Å². The van der Waals surface area contributed by atoms with Crippen molar-refractivity contribution in [1.29, 1.82) is 0 Å². The van der Waals surface area contributed by atoms with Crippen LogP contribution in [-0.2, 0) is 13.2 Å². The van der Waals surface area contributed by atoms with Crippen molar-refractivity contribution < 1.29 is 4.74 Å². The fourth-order valence-electron chi connectivity index (χ4n) is 3.13. The number of benzene rings is 2. The molecule has 1 aromatic heterocycles. The van der Waals surface area contributed by atoms with Crippen LogP contribution in [-0.4, -0.2) is 34.1 Å². The second kappa shape index (κ2) is 8.17. The van der Waals surface area contributed by atoms with Crippen LogP contribution < -0.4 is 4.74 Å². The van der Waals surface area contributed by atoms with Crippen LogP contribution >= 0.6 is 0 Å². The molecule has 0 fully saturated rings. The largest absolute Gasteiger partial charge is 0.485 e. The Morgan fingerprint density at radius 3 is 2.48 bits per heavy atom. The Bertz CT molecular complexity index is 821. The van der Waals surface area contributed by atoms with Crippen molar-refractivity contribution >= 4 is 11.0 Å². The van der Waals surface area contributed by atoms with E-state index >= 15 is 0 Å². The molecule has 0 aliphatic carbocycles. The smallest absolute Gasteiger partial charge is 0.148 e. The highest BCUT2D eigenvalue weighted by Crippen LogP contribution is 2.20. The number of aromatic nitrogens is 2. The van der Waals surface area contributed by atoms with E-state index in [1.54, 1.807) is 0 Å². The molecule has 0 atom stereocenters. The Morgan fingerprint density at radius 1 is 1.00 bits per heavy atom. The van der Waals surface area contributed by atoms with Crippen LogP contribution in [0.15, 0.2) is 48.5 Å². The van der Waals surface area contributed by atoms with E-state index in [0.717, 1.165) is 48.8 Å². The van der Waals surface area contributed by atoms with E-state index in [-0.39, 0.29) is 0 Å². The molecule has 0 saturated carbocycles. The SMILES string of the molecule is CCN(CC)CCn1c(COc2ccccc2C)nc2ccccc21. The number of ether oxygens (including phenoxy) is 1. The number of hydrogen-bond acceptors (Lipinski definition) is 3. The topological polar surface area (TPSA) is 30.3 Å². The monoisotopic (exact) mass is 337 g/mol. The number of nitrogens with zero attached hydrogens (tertiary/aromatic N) is 3. The predicted molar refractivity (Wildman–Crippen MR) is 103 cm³/mol. The second-order valence-electron chi connectivity index (χ2n) is 6.25. The maximum absolute atomic E-state index is 6.06. The Labute approximate surface area is 150 Å². The van der Waals surface area contributed by atoms with Gasteiger partial charge in [-0.1, -0.05) is 44.2 Å². The molecule has 0 radical (unpaired) electrons. The number of rotatable bonds is 8. The van der Waals surface area contributed by atoms with Crippen molar-refractivity contribution in [2.45, 2.75) is 33.9 Å². The van der Waals surface area contributed by atoms with Gasteiger partial charge in [0.25, 0.3) is 0 Å². The molecule has 0 amide bonds. The molecule has 25 heavy (non-hydrogen) atoms. The van der Waals surface area contributed by atoms with Gasteiger partial charge >= 0.3 is 0 Å². The molecule has 2 aromatic carbocycles. The Balaban J connectivity index is 1.83. The number of fused-ring (bicyclic) bond motifs is 1. The molecular weight excluding hydrogens is 310 g/mol. The van der Waals surface area contributed by atoms with Gasteiger partial charge in [-0.15, -0.1) is 0 Å². The highest BCUT2D eigenvalue weighted by atomic mass is 16.5. The van der Waals surface area contributed by atoms with Crippen LogP contribution in [0.3, 0.4) is 0 Å². The van der Waals surface area contributed by atoms with Gasteiger partial charge in [0.15, 0.2) is 0 Å². The summed E-state index contributed by atoms with van der Waals surface area (Å²) in [4.78, 5) is 7.24. The van der Waals surface area contributed by atoms with Crippen molar-refractivity contribution in [3.8, 4) is 5.75 Å². The lowest BCUT2D eigenvalue weighted by molar-refractivity contribution is 0.270. The lowest BCUT2D eigenvalue weighted by Gasteiger charge is -2.19. The zero-order chi connectivity index (χ0) is 17.6. The molecule has 132 valence electrons. The zero-order valence-corrected chi connectivity index (χ0v) is 15.4. The molecule has 0 unspecified atom stereocenters. The Kier molecular flexibility index (Phi) is 5.71. The molecule has 0 aliphatic rings. The summed E-state index contributed by atoms with van der Waals surface area (Å²) >= 11 is 0. The lowest BCUT2D eigenvalue weighted by atomic mass is 10.2. The Hall–Kier alpha value is -2.33. The standard InChI is InChI=1S/C21H27N3O/c1-4-23(5-2)14-15-24-19-12-8-7-11-18(19)22-21(24)16-25-20-13-9-6-10-17(20)3/h6-13H,4-5,14-16H2,1-3H3. The maximum Gasteiger partial charge on any atom is 0.148 e. The minimum absolute atomic E-state index is 0.484. The first kappa shape index (κ1) is 17.5. The predicted octanol–water partition coefficient (Wildman–Crippen LogP) is 4.27. The summed E-state index contributed by atoms with van der Waals surface area (Å²) in [6, 6.07) is 16.4. The van der Waals surface area contributed by atoms with E-state index in [1.807, 2.05) is 24.3 Å². The lowest BCUT2D eigenvalue weighted by Crippen LogP contribution is -2.27. The quantitative estimate of drug-likeness (QED) is 0.615. The zero-order valence-electron chi connectivity index (χ0n) is 15.4. The van der Waals surface area contributed by atoms with Crippen molar-refractivity contribution in [2.24, 2.45) is 0 Å². The third-order valence-electron chi connectivity index (χ3n) is 4.72. The van der Waals surface area contributed by atoms with Gasteiger partial charge in [-0.05, 0) is 43.8 Å². The van der Waals surface area contributed by atoms with E-state index in [4.69, 9.17) is 9.72 Å². The summed E-state index contributed by atoms with van der Waals surface area (Å²) in [5.74, 6) is 1.90. The highest BCUT2D eigenvalue weighted by Gasteiger charge is 2.12. The molecule has 0 bridgehead atoms. The first-order valence-corrected chi connectivity index (χ1v) is 9.07. The Morgan fingerprint density at radius 2 is 1.72 bits per heavy atom. The number of likely N-dealkylation sites (N-methyl/N-ethyl adjacent to an activating group) is 1. The van der Waals surface area contributed by atoms with Crippen molar-refractivity contribution in [3.63, 3.8) is 0 Å². The first-order chi connectivity index (χ1) is 12.2. The van der Waals surface area contributed by atoms with Crippen LogP contribution in [0.1, 0.15) is 25.2 Å². The van der Waals surface area contributed by atoms with Crippen LogP contribution in [0.2, 0.25) is 0 Å². The summed E-state index contributed by atoms with van der Waals surface area (Å²) in [7, 11) is 0. The number of para-hydroxylation sites is 3. The molecule has 0 aliphatic heterocycles. The van der Waals surface area contributed by atoms with E-state index < -0.39 is 0 Å². The molecule has 0 N–H and O–H groups in total. The van der Waals surface area contributed by atoms with Crippen LogP contribution in [0.4, 0.5) is 0 Å². The molecule has 0 spiro atoms. The first-order valence-electron chi connectivity index (χ1n) is 9.07. The number of hydrogen-bond donors (Lipinski definition) is 0. The normalized spacial score (nSPS) is 11.4. The highest BCUT2D eigenvalue weighted by molar-refractivity contribution is 5.75. The molecule has 3 aromatic rings. The second-order valence-corrected chi connectivity index (χ2v) is 6.25.